The Kier molecular flexibility index (Phi) is 7.03. The SMILES string of the molecule is CC(C)(C)c1ccc(C=C2S/C(=N\c3ccc(S(N)(=O)=O)cc3)N(C3CCCCC3)C2=O)cc1. The molecular formula is C26H31N3O3S2. The van der Waals surface area contributed by atoms with Crippen LogP contribution in [0.3, 0.4) is 0 Å². The van der Waals surface area contributed by atoms with Crippen LogP contribution in [0.4, 0.5) is 5.69 Å². The molecule has 0 bridgehead atoms. The Labute approximate surface area is 206 Å². The molecule has 1 amide bonds. The summed E-state index contributed by atoms with van der Waals surface area (Å²) in [4.78, 5) is 20.7. The third-order valence-corrected chi connectivity index (χ3v) is 8.15. The summed E-state index contributed by atoms with van der Waals surface area (Å²) in [5.41, 5.74) is 2.87. The number of aliphatic imine (C=N–C) groups is 1. The van der Waals surface area contributed by atoms with Crippen molar-refractivity contribution in [2.24, 2.45) is 10.1 Å². The van der Waals surface area contributed by atoms with Gasteiger partial charge in [-0.3, -0.25) is 9.69 Å². The average Bonchev–Trinajstić information content (AvgIpc) is 3.08. The van der Waals surface area contributed by atoms with Crippen LogP contribution >= 0.6 is 11.8 Å². The Bertz CT molecular complexity index is 1220. The molecule has 1 aliphatic carbocycles. The molecular weight excluding hydrogens is 466 g/mol. The summed E-state index contributed by atoms with van der Waals surface area (Å²) in [5.74, 6) is -0.0169. The van der Waals surface area contributed by atoms with Crippen molar-refractivity contribution in [2.75, 3.05) is 0 Å². The first-order valence-electron chi connectivity index (χ1n) is 11.6. The number of thioether (sulfide) groups is 1. The van der Waals surface area contributed by atoms with E-state index in [9.17, 15) is 13.2 Å². The van der Waals surface area contributed by atoms with E-state index >= 15 is 0 Å². The van der Waals surface area contributed by atoms with E-state index in [-0.39, 0.29) is 22.3 Å². The van der Waals surface area contributed by atoms with E-state index in [1.54, 1.807) is 12.1 Å². The van der Waals surface area contributed by atoms with E-state index in [4.69, 9.17) is 10.1 Å². The molecule has 34 heavy (non-hydrogen) atoms. The topological polar surface area (TPSA) is 92.8 Å². The molecule has 0 atom stereocenters. The highest BCUT2D eigenvalue weighted by atomic mass is 32.2. The summed E-state index contributed by atoms with van der Waals surface area (Å²) in [5, 5.41) is 5.84. The van der Waals surface area contributed by atoms with Crippen molar-refractivity contribution in [3.05, 3.63) is 64.6 Å². The third kappa shape index (κ3) is 5.62. The summed E-state index contributed by atoms with van der Waals surface area (Å²) in [7, 11) is -3.77. The second kappa shape index (κ2) is 9.68. The second-order valence-electron chi connectivity index (χ2n) is 9.88. The zero-order valence-corrected chi connectivity index (χ0v) is 21.5. The molecule has 2 aliphatic rings. The monoisotopic (exact) mass is 497 g/mol. The molecule has 8 heteroatoms. The lowest BCUT2D eigenvalue weighted by Crippen LogP contribution is -2.40. The van der Waals surface area contributed by atoms with Gasteiger partial charge in [0.15, 0.2) is 5.17 Å². The number of sulfonamides is 1. The maximum Gasteiger partial charge on any atom is 0.267 e. The van der Waals surface area contributed by atoms with Crippen LogP contribution in [0.25, 0.3) is 6.08 Å². The number of primary sulfonamides is 1. The van der Waals surface area contributed by atoms with Gasteiger partial charge >= 0.3 is 0 Å². The van der Waals surface area contributed by atoms with Crippen LogP contribution in [0.5, 0.6) is 0 Å². The average molecular weight is 498 g/mol. The quantitative estimate of drug-likeness (QED) is 0.559. The van der Waals surface area contributed by atoms with Crippen LogP contribution in [0, 0.1) is 0 Å². The zero-order chi connectivity index (χ0) is 24.5. The summed E-state index contributed by atoms with van der Waals surface area (Å²) < 4.78 is 23.1. The van der Waals surface area contributed by atoms with Gasteiger partial charge in [-0.1, -0.05) is 64.3 Å². The van der Waals surface area contributed by atoms with Gasteiger partial charge in [-0.05, 0) is 71.5 Å². The molecule has 1 saturated carbocycles. The zero-order valence-electron chi connectivity index (χ0n) is 19.8. The van der Waals surface area contributed by atoms with E-state index < -0.39 is 10.0 Å². The lowest BCUT2D eigenvalue weighted by molar-refractivity contribution is -0.124. The predicted molar refractivity (Wildman–Crippen MR) is 139 cm³/mol. The van der Waals surface area contributed by atoms with Gasteiger partial charge in [0.25, 0.3) is 5.91 Å². The van der Waals surface area contributed by atoms with E-state index in [2.05, 4.69) is 32.9 Å². The summed E-state index contributed by atoms with van der Waals surface area (Å²) in [6.45, 7) is 6.53. The van der Waals surface area contributed by atoms with E-state index in [0.717, 1.165) is 31.2 Å². The fourth-order valence-corrected chi connectivity index (χ4v) is 5.85. The van der Waals surface area contributed by atoms with Gasteiger partial charge in [0, 0.05) is 6.04 Å². The highest BCUT2D eigenvalue weighted by Crippen LogP contribution is 2.38. The Hall–Kier alpha value is -2.42. The molecule has 0 radical (unpaired) electrons. The van der Waals surface area contributed by atoms with Gasteiger partial charge in [0.2, 0.25) is 10.0 Å². The summed E-state index contributed by atoms with van der Waals surface area (Å²) >= 11 is 1.37. The van der Waals surface area contributed by atoms with Crippen LogP contribution in [0.2, 0.25) is 0 Å². The Morgan fingerprint density at radius 2 is 1.62 bits per heavy atom. The maximum atomic E-state index is 13.5. The maximum absolute atomic E-state index is 13.5. The van der Waals surface area contributed by atoms with Crippen molar-refractivity contribution < 1.29 is 13.2 Å². The van der Waals surface area contributed by atoms with Gasteiger partial charge in [0.05, 0.1) is 15.5 Å². The second-order valence-corrected chi connectivity index (χ2v) is 12.5. The molecule has 4 rings (SSSR count). The lowest BCUT2D eigenvalue weighted by Gasteiger charge is -2.30. The van der Waals surface area contributed by atoms with Crippen LogP contribution in [0.1, 0.15) is 64.0 Å². The smallest absolute Gasteiger partial charge is 0.267 e. The van der Waals surface area contributed by atoms with Crippen LogP contribution in [-0.2, 0) is 20.2 Å². The van der Waals surface area contributed by atoms with Crippen molar-refractivity contribution in [3.63, 3.8) is 0 Å². The molecule has 0 spiro atoms. The molecule has 180 valence electrons. The molecule has 1 heterocycles. The molecule has 6 nitrogen and oxygen atoms in total. The van der Waals surface area contributed by atoms with Gasteiger partial charge in [-0.15, -0.1) is 0 Å². The molecule has 1 aliphatic heterocycles. The van der Waals surface area contributed by atoms with Crippen molar-refractivity contribution in [3.8, 4) is 0 Å². The normalized spacial score (nSPS) is 20.5. The molecule has 2 aromatic carbocycles. The number of carbonyl (C=O) groups is 1. The lowest BCUT2D eigenvalue weighted by atomic mass is 9.87. The number of carbonyl (C=O) groups excluding carboxylic acids is 1. The van der Waals surface area contributed by atoms with E-state index in [1.165, 1.54) is 35.9 Å². The fraction of sp³-hybridized carbons (Fsp3) is 0.385. The minimum absolute atomic E-state index is 0.0169. The number of amides is 1. The first kappa shape index (κ1) is 24.7. The Balaban J connectivity index is 1.66. The molecule has 2 aromatic rings. The van der Waals surface area contributed by atoms with Crippen molar-refractivity contribution in [2.45, 2.75) is 69.2 Å². The molecule has 1 saturated heterocycles. The highest BCUT2D eigenvalue weighted by Gasteiger charge is 2.38. The van der Waals surface area contributed by atoms with E-state index in [1.807, 2.05) is 23.1 Å². The van der Waals surface area contributed by atoms with Crippen LogP contribution < -0.4 is 5.14 Å². The molecule has 0 unspecified atom stereocenters. The van der Waals surface area contributed by atoms with Crippen molar-refractivity contribution >= 4 is 44.6 Å². The van der Waals surface area contributed by atoms with Crippen LogP contribution in [0.15, 0.2) is 63.3 Å². The van der Waals surface area contributed by atoms with Gasteiger partial charge in [-0.25, -0.2) is 18.5 Å². The number of hydrogen-bond acceptors (Lipinski definition) is 5. The van der Waals surface area contributed by atoms with Crippen molar-refractivity contribution in [1.29, 1.82) is 0 Å². The summed E-state index contributed by atoms with van der Waals surface area (Å²) in [6.07, 6.45) is 7.25. The number of rotatable bonds is 4. The molecule has 2 N–H and O–H groups in total. The first-order valence-corrected chi connectivity index (χ1v) is 13.9. The van der Waals surface area contributed by atoms with E-state index in [0.29, 0.717) is 15.8 Å². The first-order chi connectivity index (χ1) is 16.0. The Morgan fingerprint density at radius 1 is 1.00 bits per heavy atom. The molecule has 2 fully saturated rings. The van der Waals surface area contributed by atoms with Gasteiger partial charge in [-0.2, -0.15) is 0 Å². The van der Waals surface area contributed by atoms with Gasteiger partial charge in [0.1, 0.15) is 0 Å². The Morgan fingerprint density at radius 3 is 2.18 bits per heavy atom. The number of nitrogens with two attached hydrogens (primary N) is 1. The molecule has 0 aromatic heterocycles. The summed E-state index contributed by atoms with van der Waals surface area (Å²) in [6, 6.07) is 14.6. The van der Waals surface area contributed by atoms with Gasteiger partial charge < -0.3 is 0 Å². The highest BCUT2D eigenvalue weighted by molar-refractivity contribution is 8.18. The standard InChI is InChI=1S/C26H31N3O3S2/c1-26(2,3)19-11-9-18(10-12-19)17-23-24(30)29(21-7-5-4-6-8-21)25(33-23)28-20-13-15-22(16-14-20)34(27,31)32/h9-17,21H,4-8H2,1-3H3,(H2,27,31,32)/b23-17?,28-25-. The number of hydrogen-bond donors (Lipinski definition) is 1. The fourth-order valence-electron chi connectivity index (χ4n) is 4.28. The van der Waals surface area contributed by atoms with Crippen LogP contribution in [-0.4, -0.2) is 30.4 Å². The van der Waals surface area contributed by atoms with Crippen molar-refractivity contribution in [1.82, 2.24) is 4.90 Å². The predicted octanol–water partition coefficient (Wildman–Crippen LogP) is 5.57. The largest absolute Gasteiger partial charge is 0.283 e. The number of amidine groups is 1. The third-order valence-electron chi connectivity index (χ3n) is 6.24. The minimum atomic E-state index is -3.77. The number of benzene rings is 2. The number of nitrogens with zero attached hydrogens (tertiary/aromatic N) is 2. The minimum Gasteiger partial charge on any atom is -0.283 e.